The number of benzene rings is 3. The van der Waals surface area contributed by atoms with Crippen LogP contribution in [0.4, 0.5) is 0 Å². The predicted molar refractivity (Wildman–Crippen MR) is 127 cm³/mol. The van der Waals surface area contributed by atoms with Gasteiger partial charge in [0, 0.05) is 36.0 Å². The summed E-state index contributed by atoms with van der Waals surface area (Å²) in [6.07, 6.45) is 1.27. The van der Waals surface area contributed by atoms with Gasteiger partial charge >= 0.3 is 0 Å². The molecular weight excluding hydrogens is 394 g/mol. The maximum Gasteiger partial charge on any atom is 0.118 e. The van der Waals surface area contributed by atoms with Crippen molar-refractivity contribution in [2.45, 2.75) is 43.5 Å². The van der Waals surface area contributed by atoms with Crippen molar-refractivity contribution in [3.8, 4) is 17.6 Å². The third-order valence-corrected chi connectivity index (χ3v) is 6.96. The Labute approximate surface area is 190 Å². The van der Waals surface area contributed by atoms with Crippen LogP contribution in [0, 0.1) is 17.8 Å². The quantitative estimate of drug-likeness (QED) is 0.609. The van der Waals surface area contributed by atoms with Gasteiger partial charge in [0.05, 0.1) is 13.2 Å². The first kappa shape index (κ1) is 20.8. The van der Waals surface area contributed by atoms with Crippen LogP contribution in [-0.2, 0) is 6.54 Å². The third-order valence-electron chi connectivity index (χ3n) is 6.96. The Kier molecular flexibility index (Phi) is 5.99. The molecule has 2 saturated heterocycles. The van der Waals surface area contributed by atoms with E-state index in [1.165, 1.54) is 11.1 Å². The molecule has 0 saturated carbocycles. The van der Waals surface area contributed by atoms with E-state index in [0.29, 0.717) is 0 Å². The zero-order valence-electron chi connectivity index (χ0n) is 18.4. The van der Waals surface area contributed by atoms with Crippen molar-refractivity contribution in [1.29, 1.82) is 0 Å². The van der Waals surface area contributed by atoms with Gasteiger partial charge in [-0.25, -0.2) is 0 Å². The number of rotatable bonds is 4. The van der Waals surface area contributed by atoms with Gasteiger partial charge in [0.15, 0.2) is 0 Å². The predicted octanol–water partition coefficient (Wildman–Crippen LogP) is 4.85. The molecular formula is C29H29NO2. The van der Waals surface area contributed by atoms with Crippen LogP contribution in [0.25, 0.3) is 0 Å². The molecule has 0 radical (unpaired) electrons. The number of fused-ring (bicyclic) bond motifs is 2. The van der Waals surface area contributed by atoms with Crippen molar-refractivity contribution in [3.05, 3.63) is 102 Å². The molecule has 3 aromatic rings. The standard InChI is InChI=1S/C29H29NO2/c1-32-25-15-13-23(14-16-25)29-26(17-12-21-8-4-2-5-9-21)27-18-24(31)19-28(29)30(27)20-22-10-6-3-7-11-22/h2-11,13-16,24,26-29,31H,18-20H2,1H3/t24-,26-,27-,28+,29-/m1/s1. The minimum absolute atomic E-state index is 0.162. The molecule has 2 aliphatic rings. The lowest BCUT2D eigenvalue weighted by Gasteiger charge is -2.38. The van der Waals surface area contributed by atoms with Gasteiger partial charge in [0.2, 0.25) is 0 Å². The Morgan fingerprint density at radius 3 is 2.22 bits per heavy atom. The number of ether oxygens (including phenoxy) is 1. The van der Waals surface area contributed by atoms with Crippen molar-refractivity contribution >= 4 is 0 Å². The summed E-state index contributed by atoms with van der Waals surface area (Å²) in [7, 11) is 1.70. The van der Waals surface area contributed by atoms with Gasteiger partial charge in [-0.15, -0.1) is 0 Å². The molecule has 0 spiro atoms. The molecule has 0 aromatic heterocycles. The average molecular weight is 424 g/mol. The zero-order valence-corrected chi connectivity index (χ0v) is 18.4. The molecule has 0 unspecified atom stereocenters. The van der Waals surface area contributed by atoms with Gasteiger partial charge in [-0.05, 0) is 48.2 Å². The number of aliphatic hydroxyl groups excluding tert-OH is 1. The number of nitrogens with zero attached hydrogens (tertiary/aromatic N) is 1. The molecule has 0 aliphatic carbocycles. The number of hydrogen-bond donors (Lipinski definition) is 1. The molecule has 2 heterocycles. The Balaban J connectivity index is 1.54. The summed E-state index contributed by atoms with van der Waals surface area (Å²) in [5.74, 6) is 8.36. The number of methoxy groups -OCH3 is 1. The van der Waals surface area contributed by atoms with Gasteiger partial charge in [0.1, 0.15) is 5.75 Å². The van der Waals surface area contributed by atoms with Crippen LogP contribution < -0.4 is 4.74 Å². The van der Waals surface area contributed by atoms with Crippen molar-refractivity contribution < 1.29 is 9.84 Å². The highest BCUT2D eigenvalue weighted by atomic mass is 16.5. The largest absolute Gasteiger partial charge is 0.497 e. The molecule has 2 bridgehead atoms. The summed E-state index contributed by atoms with van der Waals surface area (Å²) in [4.78, 5) is 2.60. The Hall–Kier alpha value is -3.06. The Morgan fingerprint density at radius 2 is 1.53 bits per heavy atom. The molecule has 3 heteroatoms. The third kappa shape index (κ3) is 4.17. The summed E-state index contributed by atoms with van der Waals surface area (Å²) >= 11 is 0. The minimum atomic E-state index is -0.277. The van der Waals surface area contributed by atoms with Crippen LogP contribution in [0.1, 0.15) is 35.4 Å². The van der Waals surface area contributed by atoms with E-state index in [0.717, 1.165) is 30.7 Å². The van der Waals surface area contributed by atoms with Crippen LogP contribution >= 0.6 is 0 Å². The lowest BCUT2D eigenvalue weighted by atomic mass is 9.82. The molecule has 162 valence electrons. The lowest BCUT2D eigenvalue weighted by Crippen LogP contribution is -2.45. The summed E-state index contributed by atoms with van der Waals surface area (Å²) in [5.41, 5.74) is 3.62. The molecule has 0 amide bonds. The summed E-state index contributed by atoms with van der Waals surface area (Å²) in [6.45, 7) is 0.888. The Bertz CT molecular complexity index is 1080. The average Bonchev–Trinajstić information content (AvgIpc) is 3.01. The van der Waals surface area contributed by atoms with Crippen molar-refractivity contribution in [2.24, 2.45) is 5.92 Å². The highest BCUT2D eigenvalue weighted by Gasteiger charge is 2.52. The Morgan fingerprint density at radius 1 is 0.875 bits per heavy atom. The topological polar surface area (TPSA) is 32.7 Å². The molecule has 3 aromatic carbocycles. The second-order valence-electron chi connectivity index (χ2n) is 8.88. The maximum atomic E-state index is 10.7. The lowest BCUT2D eigenvalue weighted by molar-refractivity contribution is 0.0260. The minimum Gasteiger partial charge on any atom is -0.497 e. The van der Waals surface area contributed by atoms with E-state index in [-0.39, 0.29) is 30.0 Å². The summed E-state index contributed by atoms with van der Waals surface area (Å²) < 4.78 is 5.39. The van der Waals surface area contributed by atoms with Crippen molar-refractivity contribution in [3.63, 3.8) is 0 Å². The van der Waals surface area contributed by atoms with E-state index in [2.05, 4.69) is 71.3 Å². The molecule has 2 fully saturated rings. The molecule has 2 aliphatic heterocycles. The fourth-order valence-electron chi connectivity index (χ4n) is 5.51. The number of hydrogen-bond acceptors (Lipinski definition) is 3. The van der Waals surface area contributed by atoms with E-state index in [1.807, 2.05) is 30.3 Å². The summed E-state index contributed by atoms with van der Waals surface area (Å²) in [5, 5.41) is 10.7. The molecule has 1 N–H and O–H groups in total. The van der Waals surface area contributed by atoms with Crippen LogP contribution in [0.3, 0.4) is 0 Å². The molecule has 3 nitrogen and oxygen atoms in total. The highest BCUT2D eigenvalue weighted by Crippen LogP contribution is 2.49. The normalized spacial score (nSPS) is 26.9. The number of piperidine rings is 1. The maximum absolute atomic E-state index is 10.7. The van der Waals surface area contributed by atoms with Gasteiger partial charge < -0.3 is 9.84 Å². The van der Waals surface area contributed by atoms with Gasteiger partial charge in [-0.1, -0.05) is 72.5 Å². The van der Waals surface area contributed by atoms with E-state index in [4.69, 9.17) is 4.74 Å². The first-order valence-corrected chi connectivity index (χ1v) is 11.4. The van der Waals surface area contributed by atoms with E-state index in [9.17, 15) is 5.11 Å². The van der Waals surface area contributed by atoms with E-state index < -0.39 is 0 Å². The summed E-state index contributed by atoms with van der Waals surface area (Å²) in [6, 6.07) is 29.8. The molecule has 5 rings (SSSR count). The SMILES string of the molecule is COc1ccc([C@@H]2[C@H](C#Cc3ccccc3)[C@H]3C[C@@H](O)C[C@@H]2N3Cc2ccccc2)cc1. The zero-order chi connectivity index (χ0) is 21.9. The molecule has 5 atom stereocenters. The fraction of sp³-hybridized carbons (Fsp3) is 0.310. The first-order chi connectivity index (χ1) is 15.7. The van der Waals surface area contributed by atoms with Gasteiger partial charge in [-0.3, -0.25) is 4.90 Å². The van der Waals surface area contributed by atoms with Crippen LogP contribution in [-0.4, -0.2) is 35.3 Å². The monoisotopic (exact) mass is 423 g/mol. The van der Waals surface area contributed by atoms with Gasteiger partial charge in [-0.2, -0.15) is 0 Å². The van der Waals surface area contributed by atoms with Crippen molar-refractivity contribution in [2.75, 3.05) is 7.11 Å². The van der Waals surface area contributed by atoms with Gasteiger partial charge in [0.25, 0.3) is 0 Å². The van der Waals surface area contributed by atoms with E-state index in [1.54, 1.807) is 7.11 Å². The second kappa shape index (κ2) is 9.20. The number of aliphatic hydroxyl groups is 1. The van der Waals surface area contributed by atoms with Crippen molar-refractivity contribution in [1.82, 2.24) is 4.90 Å². The van der Waals surface area contributed by atoms with Crippen LogP contribution in [0.2, 0.25) is 0 Å². The highest BCUT2D eigenvalue weighted by molar-refractivity contribution is 5.39. The first-order valence-electron chi connectivity index (χ1n) is 11.4. The van der Waals surface area contributed by atoms with E-state index >= 15 is 0 Å². The molecule has 32 heavy (non-hydrogen) atoms. The van der Waals surface area contributed by atoms with Crippen LogP contribution in [0.15, 0.2) is 84.9 Å². The fourth-order valence-corrected chi connectivity index (χ4v) is 5.51. The second-order valence-corrected chi connectivity index (χ2v) is 8.88. The smallest absolute Gasteiger partial charge is 0.118 e. The van der Waals surface area contributed by atoms with Crippen LogP contribution in [0.5, 0.6) is 5.75 Å².